The summed E-state index contributed by atoms with van der Waals surface area (Å²) < 4.78 is 6.02. The molecule has 1 saturated carbocycles. The van der Waals surface area contributed by atoms with Crippen molar-refractivity contribution in [2.75, 3.05) is 0 Å². The normalized spacial score (nSPS) is 16.9. The fourth-order valence-corrected chi connectivity index (χ4v) is 2.55. The first-order valence-corrected chi connectivity index (χ1v) is 6.74. The molecule has 0 amide bonds. The van der Waals surface area contributed by atoms with Crippen LogP contribution in [0.2, 0.25) is 0 Å². The minimum atomic E-state index is 0.450. The third-order valence-corrected chi connectivity index (χ3v) is 3.56. The van der Waals surface area contributed by atoms with E-state index in [0.717, 1.165) is 11.1 Å². The highest BCUT2D eigenvalue weighted by atomic mass is 79.9. The molecule has 0 radical (unpaired) electrons. The average molecular weight is 269 g/mol. The summed E-state index contributed by atoms with van der Waals surface area (Å²) in [6, 6.07) is 6.42. The topological polar surface area (TPSA) is 9.23 Å². The molecule has 1 aliphatic carbocycles. The smallest absolute Gasteiger partial charge is 0.123 e. The van der Waals surface area contributed by atoms with E-state index in [1.807, 2.05) is 0 Å². The number of rotatable bonds is 3. The highest BCUT2D eigenvalue weighted by molar-refractivity contribution is 9.08. The Hall–Kier alpha value is -0.500. The minimum absolute atomic E-state index is 0.450. The quantitative estimate of drug-likeness (QED) is 0.747. The van der Waals surface area contributed by atoms with Crippen LogP contribution in [-0.4, -0.2) is 6.10 Å². The van der Waals surface area contributed by atoms with Crippen molar-refractivity contribution in [1.29, 1.82) is 0 Å². The van der Waals surface area contributed by atoms with E-state index in [4.69, 9.17) is 4.74 Å². The zero-order valence-electron chi connectivity index (χ0n) is 9.13. The standard InChI is InChI=1S/C13H17BrO/c1-10-6-7-13(11(8-10)9-14)15-12-4-2-3-5-12/h6-8,12H,2-5,9H2,1H3. The second-order valence-electron chi connectivity index (χ2n) is 4.27. The zero-order chi connectivity index (χ0) is 10.7. The summed E-state index contributed by atoms with van der Waals surface area (Å²) in [6.07, 6.45) is 5.52. The van der Waals surface area contributed by atoms with Crippen LogP contribution >= 0.6 is 15.9 Å². The van der Waals surface area contributed by atoms with Crippen molar-refractivity contribution in [3.8, 4) is 5.75 Å². The van der Waals surface area contributed by atoms with Gasteiger partial charge in [-0.2, -0.15) is 0 Å². The SMILES string of the molecule is Cc1ccc(OC2CCCC2)c(CBr)c1. The minimum Gasteiger partial charge on any atom is -0.490 e. The molecule has 1 aliphatic rings. The molecule has 1 aromatic rings. The van der Waals surface area contributed by atoms with Gasteiger partial charge in [0.1, 0.15) is 5.75 Å². The van der Waals surface area contributed by atoms with E-state index >= 15 is 0 Å². The van der Waals surface area contributed by atoms with Gasteiger partial charge in [-0.05, 0) is 38.7 Å². The third-order valence-electron chi connectivity index (χ3n) is 2.96. The predicted molar refractivity (Wildman–Crippen MR) is 66.7 cm³/mol. The van der Waals surface area contributed by atoms with E-state index in [1.165, 1.54) is 36.8 Å². The summed E-state index contributed by atoms with van der Waals surface area (Å²) in [5, 5.41) is 0.872. The van der Waals surface area contributed by atoms with Crippen LogP contribution in [0.5, 0.6) is 5.75 Å². The maximum Gasteiger partial charge on any atom is 0.123 e. The molecule has 15 heavy (non-hydrogen) atoms. The number of hydrogen-bond donors (Lipinski definition) is 0. The van der Waals surface area contributed by atoms with Gasteiger partial charge in [0.05, 0.1) is 6.10 Å². The summed E-state index contributed by atoms with van der Waals surface area (Å²) in [7, 11) is 0. The van der Waals surface area contributed by atoms with Crippen molar-refractivity contribution in [2.45, 2.75) is 44.0 Å². The molecule has 1 nitrogen and oxygen atoms in total. The van der Waals surface area contributed by atoms with Crippen LogP contribution < -0.4 is 4.74 Å². The number of halogens is 1. The van der Waals surface area contributed by atoms with Crippen molar-refractivity contribution in [2.24, 2.45) is 0 Å². The molecule has 0 unspecified atom stereocenters. The summed E-state index contributed by atoms with van der Waals surface area (Å²) in [5.41, 5.74) is 2.56. The number of ether oxygens (including phenoxy) is 1. The first-order valence-electron chi connectivity index (χ1n) is 5.62. The molecule has 0 aliphatic heterocycles. The molecule has 82 valence electrons. The highest BCUT2D eigenvalue weighted by Crippen LogP contribution is 2.28. The molecule has 1 aromatic carbocycles. The van der Waals surface area contributed by atoms with Gasteiger partial charge in [-0.3, -0.25) is 0 Å². The van der Waals surface area contributed by atoms with Gasteiger partial charge in [-0.25, -0.2) is 0 Å². The molecule has 1 fully saturated rings. The van der Waals surface area contributed by atoms with Crippen molar-refractivity contribution in [3.63, 3.8) is 0 Å². The van der Waals surface area contributed by atoms with Crippen LogP contribution in [0.1, 0.15) is 36.8 Å². The lowest BCUT2D eigenvalue weighted by molar-refractivity contribution is 0.208. The third kappa shape index (κ3) is 2.75. The Balaban J connectivity index is 2.12. The Morgan fingerprint density at radius 2 is 2.07 bits per heavy atom. The predicted octanol–water partition coefficient (Wildman–Crippen LogP) is 4.21. The first-order chi connectivity index (χ1) is 7.29. The van der Waals surface area contributed by atoms with Gasteiger partial charge in [-0.1, -0.05) is 33.6 Å². The Bertz CT molecular complexity index is 329. The second-order valence-corrected chi connectivity index (χ2v) is 4.83. The Morgan fingerprint density at radius 3 is 2.73 bits per heavy atom. The van der Waals surface area contributed by atoms with Crippen molar-refractivity contribution in [3.05, 3.63) is 29.3 Å². The van der Waals surface area contributed by atoms with E-state index in [1.54, 1.807) is 0 Å². The number of benzene rings is 1. The summed E-state index contributed by atoms with van der Waals surface area (Å²) >= 11 is 3.51. The van der Waals surface area contributed by atoms with E-state index in [0.29, 0.717) is 6.10 Å². The van der Waals surface area contributed by atoms with Crippen LogP contribution in [0, 0.1) is 6.92 Å². The van der Waals surface area contributed by atoms with Gasteiger partial charge in [0.2, 0.25) is 0 Å². The second kappa shape index (κ2) is 5.02. The zero-order valence-corrected chi connectivity index (χ0v) is 10.7. The van der Waals surface area contributed by atoms with E-state index in [9.17, 15) is 0 Å². The van der Waals surface area contributed by atoms with Crippen LogP contribution in [0.3, 0.4) is 0 Å². The molecule has 0 aromatic heterocycles. The number of alkyl halides is 1. The molecule has 0 saturated heterocycles. The fourth-order valence-electron chi connectivity index (χ4n) is 2.11. The Morgan fingerprint density at radius 1 is 1.33 bits per heavy atom. The summed E-state index contributed by atoms with van der Waals surface area (Å²) in [4.78, 5) is 0. The van der Waals surface area contributed by atoms with Crippen LogP contribution in [0.15, 0.2) is 18.2 Å². The van der Waals surface area contributed by atoms with Gasteiger partial charge in [-0.15, -0.1) is 0 Å². The molecule has 0 spiro atoms. The number of aryl methyl sites for hydroxylation is 1. The molecule has 0 N–H and O–H groups in total. The monoisotopic (exact) mass is 268 g/mol. The van der Waals surface area contributed by atoms with Gasteiger partial charge >= 0.3 is 0 Å². The van der Waals surface area contributed by atoms with E-state index < -0.39 is 0 Å². The molecule has 0 heterocycles. The summed E-state index contributed by atoms with van der Waals surface area (Å²) in [6.45, 7) is 2.12. The van der Waals surface area contributed by atoms with Crippen molar-refractivity contribution in [1.82, 2.24) is 0 Å². The van der Waals surface area contributed by atoms with Crippen LogP contribution in [-0.2, 0) is 5.33 Å². The lowest BCUT2D eigenvalue weighted by Gasteiger charge is -2.16. The van der Waals surface area contributed by atoms with Crippen LogP contribution in [0.4, 0.5) is 0 Å². The largest absolute Gasteiger partial charge is 0.490 e. The maximum atomic E-state index is 6.02. The fraction of sp³-hybridized carbons (Fsp3) is 0.538. The molecule has 0 bridgehead atoms. The van der Waals surface area contributed by atoms with E-state index in [2.05, 4.69) is 41.1 Å². The molecular weight excluding hydrogens is 252 g/mol. The number of hydrogen-bond acceptors (Lipinski definition) is 1. The average Bonchev–Trinajstić information content (AvgIpc) is 2.73. The highest BCUT2D eigenvalue weighted by Gasteiger charge is 2.17. The van der Waals surface area contributed by atoms with Gasteiger partial charge < -0.3 is 4.74 Å². The van der Waals surface area contributed by atoms with Crippen LogP contribution in [0.25, 0.3) is 0 Å². The summed E-state index contributed by atoms with van der Waals surface area (Å²) in [5.74, 6) is 1.06. The lowest BCUT2D eigenvalue weighted by Crippen LogP contribution is -2.11. The van der Waals surface area contributed by atoms with Crippen molar-refractivity contribution >= 4 is 15.9 Å². The van der Waals surface area contributed by atoms with E-state index in [-0.39, 0.29) is 0 Å². The molecular formula is C13H17BrO. The lowest BCUT2D eigenvalue weighted by atomic mass is 10.1. The Labute approximate surface area is 100.0 Å². The first kappa shape index (κ1) is 11.0. The molecule has 0 atom stereocenters. The molecule has 2 rings (SSSR count). The van der Waals surface area contributed by atoms with Crippen molar-refractivity contribution < 1.29 is 4.74 Å². The van der Waals surface area contributed by atoms with Gasteiger partial charge in [0.15, 0.2) is 0 Å². The maximum absolute atomic E-state index is 6.02. The Kier molecular flexibility index (Phi) is 3.68. The van der Waals surface area contributed by atoms with Gasteiger partial charge in [0.25, 0.3) is 0 Å². The van der Waals surface area contributed by atoms with Gasteiger partial charge in [0, 0.05) is 10.9 Å². The molecule has 2 heteroatoms.